The molecule has 0 radical (unpaired) electrons. The second kappa shape index (κ2) is 7.86. The van der Waals surface area contributed by atoms with Crippen LogP contribution in [-0.4, -0.2) is 17.5 Å². The maximum absolute atomic E-state index is 5.59. The van der Waals surface area contributed by atoms with Crippen LogP contribution in [0, 0.1) is 0 Å². The number of guanidine groups is 1. The van der Waals surface area contributed by atoms with Gasteiger partial charge in [-0.2, -0.15) is 0 Å². The van der Waals surface area contributed by atoms with Gasteiger partial charge in [0.05, 0.1) is 6.54 Å². The summed E-state index contributed by atoms with van der Waals surface area (Å²) in [6.45, 7) is 5.48. The molecule has 0 aliphatic carbocycles. The first-order chi connectivity index (χ1) is 6.76. The fraction of sp³-hybridized carbons (Fsp3) is 0.556. The van der Waals surface area contributed by atoms with E-state index in [1.54, 1.807) is 11.3 Å². The number of nitrogens with one attached hydrogen (secondary N) is 1. The van der Waals surface area contributed by atoms with Gasteiger partial charge in [-0.1, -0.05) is 6.92 Å². The average Bonchev–Trinajstić information content (AvgIpc) is 2.63. The molecule has 0 saturated carbocycles. The zero-order chi connectivity index (χ0) is 10.4. The number of aliphatic imine (C=N–C) groups is 1. The summed E-state index contributed by atoms with van der Waals surface area (Å²) in [6.07, 6.45) is 2.93. The summed E-state index contributed by atoms with van der Waals surface area (Å²) in [6, 6.07) is 0. The maximum Gasteiger partial charge on any atom is 0.188 e. The van der Waals surface area contributed by atoms with E-state index in [4.69, 9.17) is 5.73 Å². The lowest BCUT2D eigenvalue weighted by molar-refractivity contribution is 0.921. The Hall–Kier alpha value is -0.370. The van der Waals surface area contributed by atoms with E-state index in [0.29, 0.717) is 12.5 Å². The molecule has 0 atom stereocenters. The van der Waals surface area contributed by atoms with E-state index in [1.807, 2.05) is 13.1 Å². The van der Waals surface area contributed by atoms with Crippen molar-refractivity contribution in [2.24, 2.45) is 10.7 Å². The summed E-state index contributed by atoms with van der Waals surface area (Å²) in [4.78, 5) is 9.70. The minimum absolute atomic E-state index is 0. The second-order valence-electron chi connectivity index (χ2n) is 2.81. The highest BCUT2D eigenvalue weighted by atomic mass is 127. The Morgan fingerprint density at radius 2 is 2.33 bits per heavy atom. The third-order valence-electron chi connectivity index (χ3n) is 1.69. The minimum Gasteiger partial charge on any atom is -0.370 e. The van der Waals surface area contributed by atoms with Crippen LogP contribution < -0.4 is 11.1 Å². The fourth-order valence-electron chi connectivity index (χ4n) is 0.974. The summed E-state index contributed by atoms with van der Waals surface area (Å²) in [5.41, 5.74) is 5.59. The van der Waals surface area contributed by atoms with Crippen molar-refractivity contribution in [1.29, 1.82) is 0 Å². The Morgan fingerprint density at radius 3 is 2.87 bits per heavy atom. The predicted octanol–water partition coefficient (Wildman–Crippen LogP) is 1.75. The molecule has 0 bridgehead atoms. The van der Waals surface area contributed by atoms with Gasteiger partial charge in [0.2, 0.25) is 0 Å². The van der Waals surface area contributed by atoms with Crippen LogP contribution in [0.1, 0.15) is 23.7 Å². The normalized spacial score (nSPS) is 10.9. The average molecular weight is 340 g/mol. The Labute approximate surface area is 111 Å². The van der Waals surface area contributed by atoms with Crippen molar-refractivity contribution in [3.63, 3.8) is 0 Å². The predicted molar refractivity (Wildman–Crippen MR) is 75.9 cm³/mol. The number of rotatable bonds is 4. The zero-order valence-corrected chi connectivity index (χ0v) is 12.1. The second-order valence-corrected chi connectivity index (χ2v) is 4.01. The summed E-state index contributed by atoms with van der Waals surface area (Å²) in [7, 11) is 0. The van der Waals surface area contributed by atoms with Crippen molar-refractivity contribution in [3.8, 4) is 0 Å². The lowest BCUT2D eigenvalue weighted by atomic mass is 10.4. The number of nitrogens with two attached hydrogens (primary N) is 1. The van der Waals surface area contributed by atoms with Gasteiger partial charge in [0.25, 0.3) is 0 Å². The lowest BCUT2D eigenvalue weighted by Crippen LogP contribution is -2.31. The number of aryl methyl sites for hydroxylation is 1. The molecule has 0 aromatic carbocycles. The van der Waals surface area contributed by atoms with Crippen LogP contribution in [0.3, 0.4) is 0 Å². The quantitative estimate of drug-likeness (QED) is 0.499. The molecule has 0 spiro atoms. The van der Waals surface area contributed by atoms with Crippen LogP contribution in [0.2, 0.25) is 0 Å². The van der Waals surface area contributed by atoms with Crippen molar-refractivity contribution in [2.45, 2.75) is 26.8 Å². The Bertz CT molecular complexity index is 311. The standard InChI is InChI=1S/C9H16N4S.HI/c1-3-7-5-12-8(14-7)6-13-9(10)11-4-2;/h5H,3-4,6H2,1-2H3,(H3,10,11,13);1H. The first-order valence-corrected chi connectivity index (χ1v) is 5.55. The van der Waals surface area contributed by atoms with Crippen LogP contribution in [-0.2, 0) is 13.0 Å². The van der Waals surface area contributed by atoms with Crippen LogP contribution in [0.15, 0.2) is 11.2 Å². The summed E-state index contributed by atoms with van der Waals surface area (Å²) in [5, 5.41) is 3.96. The van der Waals surface area contributed by atoms with Gasteiger partial charge in [0.15, 0.2) is 5.96 Å². The summed E-state index contributed by atoms with van der Waals surface area (Å²) >= 11 is 1.69. The molecule has 6 heteroatoms. The third kappa shape index (κ3) is 5.31. The van der Waals surface area contributed by atoms with Crippen molar-refractivity contribution in [3.05, 3.63) is 16.1 Å². The Balaban J connectivity index is 0.00000196. The van der Waals surface area contributed by atoms with Gasteiger partial charge < -0.3 is 11.1 Å². The molecular formula is C9H17IN4S. The van der Waals surface area contributed by atoms with Gasteiger partial charge in [0.1, 0.15) is 5.01 Å². The summed E-state index contributed by atoms with van der Waals surface area (Å²) in [5.74, 6) is 0.487. The molecular weight excluding hydrogens is 323 g/mol. The summed E-state index contributed by atoms with van der Waals surface area (Å²) < 4.78 is 0. The number of nitrogens with zero attached hydrogens (tertiary/aromatic N) is 2. The number of hydrogen-bond acceptors (Lipinski definition) is 3. The maximum atomic E-state index is 5.59. The molecule has 1 rings (SSSR count). The monoisotopic (exact) mass is 340 g/mol. The molecule has 1 heterocycles. The van der Waals surface area contributed by atoms with E-state index in [-0.39, 0.29) is 24.0 Å². The number of aromatic nitrogens is 1. The molecule has 0 aliphatic rings. The van der Waals surface area contributed by atoms with Gasteiger partial charge in [-0.15, -0.1) is 35.3 Å². The molecule has 0 aliphatic heterocycles. The van der Waals surface area contributed by atoms with Crippen LogP contribution >= 0.6 is 35.3 Å². The highest BCUT2D eigenvalue weighted by molar-refractivity contribution is 14.0. The molecule has 0 unspecified atom stereocenters. The van der Waals surface area contributed by atoms with Gasteiger partial charge >= 0.3 is 0 Å². The lowest BCUT2D eigenvalue weighted by Gasteiger charge is -1.99. The van der Waals surface area contributed by atoms with E-state index < -0.39 is 0 Å². The van der Waals surface area contributed by atoms with Crippen molar-refractivity contribution in [1.82, 2.24) is 10.3 Å². The SMILES string of the molecule is CCNC(N)=NCc1ncc(CC)s1.I. The molecule has 4 nitrogen and oxygen atoms in total. The smallest absolute Gasteiger partial charge is 0.188 e. The first kappa shape index (κ1) is 14.6. The molecule has 3 N–H and O–H groups in total. The molecule has 0 saturated heterocycles. The van der Waals surface area contributed by atoms with Crippen molar-refractivity contribution < 1.29 is 0 Å². The Kier molecular flexibility index (Phi) is 7.67. The molecule has 15 heavy (non-hydrogen) atoms. The van der Waals surface area contributed by atoms with Crippen LogP contribution in [0.4, 0.5) is 0 Å². The highest BCUT2D eigenvalue weighted by Crippen LogP contribution is 2.13. The number of hydrogen-bond donors (Lipinski definition) is 2. The van der Waals surface area contributed by atoms with E-state index in [9.17, 15) is 0 Å². The fourth-order valence-corrected chi connectivity index (χ4v) is 1.76. The van der Waals surface area contributed by atoms with E-state index >= 15 is 0 Å². The van der Waals surface area contributed by atoms with E-state index in [2.05, 4.69) is 22.2 Å². The van der Waals surface area contributed by atoms with Gasteiger partial charge in [0, 0.05) is 17.6 Å². The van der Waals surface area contributed by atoms with E-state index in [1.165, 1.54) is 4.88 Å². The first-order valence-electron chi connectivity index (χ1n) is 4.73. The Morgan fingerprint density at radius 1 is 1.60 bits per heavy atom. The van der Waals surface area contributed by atoms with Gasteiger partial charge in [-0.3, -0.25) is 0 Å². The van der Waals surface area contributed by atoms with Gasteiger partial charge in [-0.25, -0.2) is 9.98 Å². The topological polar surface area (TPSA) is 63.3 Å². The number of halogens is 1. The van der Waals surface area contributed by atoms with Crippen molar-refractivity contribution in [2.75, 3.05) is 6.54 Å². The zero-order valence-electron chi connectivity index (χ0n) is 8.99. The molecule has 0 fully saturated rings. The molecule has 86 valence electrons. The largest absolute Gasteiger partial charge is 0.370 e. The van der Waals surface area contributed by atoms with Crippen LogP contribution in [0.5, 0.6) is 0 Å². The number of thiazole rings is 1. The van der Waals surface area contributed by atoms with Crippen LogP contribution in [0.25, 0.3) is 0 Å². The molecule has 1 aromatic heterocycles. The minimum atomic E-state index is 0. The van der Waals surface area contributed by atoms with E-state index in [0.717, 1.165) is 18.0 Å². The molecule has 1 aromatic rings. The highest BCUT2D eigenvalue weighted by Gasteiger charge is 1.99. The third-order valence-corrected chi connectivity index (χ3v) is 2.82. The molecule has 0 amide bonds. The van der Waals surface area contributed by atoms with Gasteiger partial charge in [-0.05, 0) is 13.3 Å². The van der Waals surface area contributed by atoms with Crippen molar-refractivity contribution >= 4 is 41.3 Å².